The number of halogens is 1. The third-order valence-electron chi connectivity index (χ3n) is 2.90. The first-order valence-corrected chi connectivity index (χ1v) is 7.14. The second kappa shape index (κ2) is 7.54. The highest BCUT2D eigenvalue weighted by atomic mass is 79.9. The largest absolute Gasteiger partial charge is 0.348 e. The minimum atomic E-state index is -0.0616. The molecule has 0 fully saturated rings. The number of unbranched alkanes of at least 4 members (excludes halogenated alkanes) is 1. The number of carbonyl (C=O) groups excluding carboxylic acids is 1. The van der Waals surface area contributed by atoms with Crippen molar-refractivity contribution < 1.29 is 4.79 Å². The van der Waals surface area contributed by atoms with Gasteiger partial charge in [-0.05, 0) is 47.0 Å². The van der Waals surface area contributed by atoms with Crippen molar-refractivity contribution in [3.8, 4) is 0 Å². The molecule has 0 spiro atoms. The van der Waals surface area contributed by atoms with Crippen molar-refractivity contribution in [1.29, 1.82) is 0 Å². The van der Waals surface area contributed by atoms with E-state index in [9.17, 15) is 4.79 Å². The Labute approximate surface area is 117 Å². The zero-order valence-corrected chi connectivity index (χ0v) is 12.6. The first kappa shape index (κ1) is 15.2. The van der Waals surface area contributed by atoms with Gasteiger partial charge in [-0.2, -0.15) is 0 Å². The summed E-state index contributed by atoms with van der Waals surface area (Å²) in [6, 6.07) is 5.77. The van der Waals surface area contributed by atoms with E-state index < -0.39 is 0 Å². The topological polar surface area (TPSA) is 55.1 Å². The normalized spacial score (nSPS) is 12.2. The quantitative estimate of drug-likeness (QED) is 0.848. The molecule has 1 unspecified atom stereocenters. The summed E-state index contributed by atoms with van der Waals surface area (Å²) < 4.78 is 0.825. The van der Waals surface area contributed by atoms with Crippen molar-refractivity contribution in [3.05, 3.63) is 33.8 Å². The Morgan fingerprint density at radius 3 is 2.78 bits per heavy atom. The van der Waals surface area contributed by atoms with E-state index in [4.69, 9.17) is 5.73 Å². The maximum Gasteiger partial charge on any atom is 0.252 e. The van der Waals surface area contributed by atoms with Crippen LogP contribution in [0.15, 0.2) is 22.7 Å². The highest BCUT2D eigenvalue weighted by Crippen LogP contribution is 2.18. The number of nitrogens with two attached hydrogens (primary N) is 1. The van der Waals surface area contributed by atoms with Crippen molar-refractivity contribution in [2.24, 2.45) is 5.73 Å². The van der Waals surface area contributed by atoms with Crippen molar-refractivity contribution in [2.45, 2.75) is 39.2 Å². The van der Waals surface area contributed by atoms with Crippen LogP contribution >= 0.6 is 15.9 Å². The maximum absolute atomic E-state index is 12.1. The van der Waals surface area contributed by atoms with Gasteiger partial charge in [-0.15, -0.1) is 0 Å². The molecule has 1 amide bonds. The first-order chi connectivity index (χ1) is 8.58. The lowest BCUT2D eigenvalue weighted by Crippen LogP contribution is -2.40. The lowest BCUT2D eigenvalue weighted by molar-refractivity contribution is 0.0935. The van der Waals surface area contributed by atoms with Gasteiger partial charge in [0.1, 0.15) is 0 Å². The van der Waals surface area contributed by atoms with Crippen LogP contribution in [0.5, 0.6) is 0 Å². The molecule has 3 nitrogen and oxygen atoms in total. The molecule has 1 aromatic carbocycles. The number of hydrogen-bond donors (Lipinski definition) is 2. The SMILES string of the molecule is CCCCC(CN)NC(=O)c1ccc(C)cc1Br. The predicted octanol–water partition coefficient (Wildman–Crippen LogP) is 3.00. The van der Waals surface area contributed by atoms with Crippen molar-refractivity contribution >= 4 is 21.8 Å². The lowest BCUT2D eigenvalue weighted by Gasteiger charge is -2.17. The fourth-order valence-electron chi connectivity index (χ4n) is 1.77. The van der Waals surface area contributed by atoms with Crippen LogP contribution < -0.4 is 11.1 Å². The van der Waals surface area contributed by atoms with Gasteiger partial charge in [0.25, 0.3) is 5.91 Å². The van der Waals surface area contributed by atoms with Crippen molar-refractivity contribution in [1.82, 2.24) is 5.32 Å². The molecule has 0 bridgehead atoms. The summed E-state index contributed by atoms with van der Waals surface area (Å²) in [6.45, 7) is 4.61. The van der Waals surface area contributed by atoms with E-state index in [0.717, 1.165) is 29.3 Å². The van der Waals surface area contributed by atoms with Crippen LogP contribution in [0.2, 0.25) is 0 Å². The zero-order valence-electron chi connectivity index (χ0n) is 11.0. The van der Waals surface area contributed by atoms with Gasteiger partial charge in [0.2, 0.25) is 0 Å². The van der Waals surface area contributed by atoms with Crippen molar-refractivity contribution in [3.63, 3.8) is 0 Å². The average Bonchev–Trinajstić information content (AvgIpc) is 2.34. The second-order valence-electron chi connectivity index (χ2n) is 4.53. The van der Waals surface area contributed by atoms with Crippen LogP contribution in [-0.2, 0) is 0 Å². The molecule has 0 aliphatic carbocycles. The van der Waals surface area contributed by atoms with Gasteiger partial charge in [0.05, 0.1) is 5.56 Å². The van der Waals surface area contributed by atoms with Gasteiger partial charge in [-0.3, -0.25) is 4.79 Å². The van der Waals surface area contributed by atoms with Crippen LogP contribution in [-0.4, -0.2) is 18.5 Å². The molecule has 4 heteroatoms. The summed E-state index contributed by atoms with van der Waals surface area (Å²) in [5.41, 5.74) is 7.46. The van der Waals surface area contributed by atoms with Crippen LogP contribution in [0.3, 0.4) is 0 Å². The Bertz CT molecular complexity index is 407. The molecule has 0 aliphatic rings. The highest BCUT2D eigenvalue weighted by molar-refractivity contribution is 9.10. The standard InChI is InChI=1S/C14H21BrN2O/c1-3-4-5-11(9-16)17-14(18)12-7-6-10(2)8-13(12)15/h6-8,11H,3-5,9,16H2,1-2H3,(H,17,18). The van der Waals surface area contributed by atoms with Crippen LogP contribution in [0, 0.1) is 6.92 Å². The highest BCUT2D eigenvalue weighted by Gasteiger charge is 2.14. The number of benzene rings is 1. The Hall–Kier alpha value is -0.870. The fraction of sp³-hybridized carbons (Fsp3) is 0.500. The molecule has 0 aliphatic heterocycles. The predicted molar refractivity (Wildman–Crippen MR) is 78.7 cm³/mol. The minimum absolute atomic E-state index is 0.0608. The third-order valence-corrected chi connectivity index (χ3v) is 3.55. The fourth-order valence-corrected chi connectivity index (χ4v) is 2.44. The first-order valence-electron chi connectivity index (χ1n) is 6.35. The van der Waals surface area contributed by atoms with Gasteiger partial charge >= 0.3 is 0 Å². The van der Waals surface area contributed by atoms with Crippen LogP contribution in [0.25, 0.3) is 0 Å². The molecule has 100 valence electrons. The molecule has 0 radical (unpaired) electrons. The number of aryl methyl sites for hydroxylation is 1. The van der Waals surface area contributed by atoms with E-state index in [1.54, 1.807) is 0 Å². The van der Waals surface area contributed by atoms with Gasteiger partial charge in [0, 0.05) is 17.1 Å². The molecule has 1 aromatic rings. The molecule has 1 atom stereocenters. The number of rotatable bonds is 6. The summed E-state index contributed by atoms with van der Waals surface area (Å²) in [5.74, 6) is -0.0616. The molecule has 0 aromatic heterocycles. The van der Waals surface area contributed by atoms with Crippen molar-refractivity contribution in [2.75, 3.05) is 6.54 Å². The van der Waals surface area contributed by atoms with E-state index in [-0.39, 0.29) is 11.9 Å². The third kappa shape index (κ3) is 4.42. The van der Waals surface area contributed by atoms with E-state index in [1.807, 2.05) is 25.1 Å². The lowest BCUT2D eigenvalue weighted by atomic mass is 10.1. The van der Waals surface area contributed by atoms with Crippen LogP contribution in [0.1, 0.15) is 42.1 Å². The van der Waals surface area contributed by atoms with E-state index in [2.05, 4.69) is 28.2 Å². The number of carbonyl (C=O) groups is 1. The number of nitrogens with one attached hydrogen (secondary N) is 1. The Morgan fingerprint density at radius 1 is 1.50 bits per heavy atom. The van der Waals surface area contributed by atoms with E-state index >= 15 is 0 Å². The summed E-state index contributed by atoms with van der Waals surface area (Å²) in [5, 5.41) is 2.98. The molecule has 0 saturated carbocycles. The molecule has 1 rings (SSSR count). The second-order valence-corrected chi connectivity index (χ2v) is 5.39. The molecule has 0 heterocycles. The van der Waals surface area contributed by atoms with Gasteiger partial charge in [0.15, 0.2) is 0 Å². The Balaban J connectivity index is 2.68. The summed E-state index contributed by atoms with van der Waals surface area (Å²) in [7, 11) is 0. The van der Waals surface area contributed by atoms with Gasteiger partial charge in [-0.25, -0.2) is 0 Å². The minimum Gasteiger partial charge on any atom is -0.348 e. The molecule has 0 saturated heterocycles. The average molecular weight is 313 g/mol. The summed E-state index contributed by atoms with van der Waals surface area (Å²) in [4.78, 5) is 12.1. The summed E-state index contributed by atoms with van der Waals surface area (Å²) in [6.07, 6.45) is 3.13. The Morgan fingerprint density at radius 2 is 2.22 bits per heavy atom. The van der Waals surface area contributed by atoms with Gasteiger partial charge in [-0.1, -0.05) is 25.8 Å². The van der Waals surface area contributed by atoms with Crippen LogP contribution in [0.4, 0.5) is 0 Å². The number of hydrogen-bond acceptors (Lipinski definition) is 2. The van der Waals surface area contributed by atoms with E-state index in [1.165, 1.54) is 0 Å². The summed E-state index contributed by atoms with van der Waals surface area (Å²) >= 11 is 3.42. The van der Waals surface area contributed by atoms with E-state index in [0.29, 0.717) is 12.1 Å². The smallest absolute Gasteiger partial charge is 0.252 e. The molecule has 18 heavy (non-hydrogen) atoms. The molecular formula is C14H21BrN2O. The zero-order chi connectivity index (χ0) is 13.5. The maximum atomic E-state index is 12.1. The Kier molecular flexibility index (Phi) is 6.36. The molecule has 3 N–H and O–H groups in total. The monoisotopic (exact) mass is 312 g/mol. The van der Waals surface area contributed by atoms with Gasteiger partial charge < -0.3 is 11.1 Å². The molecular weight excluding hydrogens is 292 g/mol. The number of amides is 1.